The van der Waals surface area contributed by atoms with Crippen LogP contribution in [0.25, 0.3) is 0 Å². The van der Waals surface area contributed by atoms with Gasteiger partial charge >= 0.3 is 0 Å². The van der Waals surface area contributed by atoms with Crippen LogP contribution in [-0.4, -0.2) is 34.3 Å². The molecule has 0 amide bonds. The highest BCUT2D eigenvalue weighted by Gasteiger charge is 2.15. The van der Waals surface area contributed by atoms with Crippen molar-refractivity contribution in [1.29, 1.82) is 0 Å². The molecule has 0 spiro atoms. The number of aliphatic hydroxyl groups excluding tert-OH is 1. The minimum absolute atomic E-state index is 0.200. The van der Waals surface area contributed by atoms with Gasteiger partial charge in [0.15, 0.2) is 0 Å². The van der Waals surface area contributed by atoms with Crippen molar-refractivity contribution in [2.24, 2.45) is 0 Å². The molecule has 1 aromatic heterocycles. The zero-order valence-corrected chi connectivity index (χ0v) is 12.1. The summed E-state index contributed by atoms with van der Waals surface area (Å²) in [5, 5.41) is 8.97. The molecule has 0 radical (unpaired) electrons. The summed E-state index contributed by atoms with van der Waals surface area (Å²) in [6, 6.07) is 2.37. The highest BCUT2D eigenvalue weighted by Crippen LogP contribution is 2.18. The van der Waals surface area contributed by atoms with Gasteiger partial charge in [0.1, 0.15) is 0 Å². The molecule has 0 saturated carbocycles. The van der Waals surface area contributed by atoms with E-state index < -0.39 is 0 Å². The number of rotatable bonds is 6. The van der Waals surface area contributed by atoms with Gasteiger partial charge in [-0.2, -0.15) is 0 Å². The fraction of sp³-hybridized carbons (Fsp3) is 0.714. The molecular weight excluding hydrogens is 226 g/mol. The number of nitrogens with zero attached hydrogens (tertiary/aromatic N) is 3. The first-order chi connectivity index (χ1) is 8.45. The molecule has 0 fully saturated rings. The van der Waals surface area contributed by atoms with E-state index in [1.54, 1.807) is 0 Å². The number of anilines is 1. The first kappa shape index (κ1) is 14.9. The molecule has 4 heteroatoms. The van der Waals surface area contributed by atoms with Crippen LogP contribution in [0.5, 0.6) is 0 Å². The minimum atomic E-state index is 0.200. The summed E-state index contributed by atoms with van der Waals surface area (Å²) < 4.78 is 0. The van der Waals surface area contributed by atoms with Crippen LogP contribution >= 0.6 is 0 Å². The summed E-state index contributed by atoms with van der Waals surface area (Å²) in [6.45, 7) is 11.5. The van der Waals surface area contributed by atoms with E-state index in [1.807, 2.05) is 13.0 Å². The van der Waals surface area contributed by atoms with Gasteiger partial charge in [-0.1, -0.05) is 13.8 Å². The van der Waals surface area contributed by atoms with Crippen molar-refractivity contribution < 1.29 is 5.11 Å². The monoisotopic (exact) mass is 251 g/mol. The molecule has 1 heterocycles. The van der Waals surface area contributed by atoms with Gasteiger partial charge in [-0.3, -0.25) is 0 Å². The van der Waals surface area contributed by atoms with Crippen molar-refractivity contribution in [2.45, 2.75) is 53.0 Å². The van der Waals surface area contributed by atoms with Gasteiger partial charge in [-0.05, 0) is 39.2 Å². The Morgan fingerprint density at radius 3 is 2.39 bits per heavy atom. The molecule has 0 aromatic carbocycles. The molecule has 0 atom stereocenters. The van der Waals surface area contributed by atoms with E-state index in [4.69, 9.17) is 5.11 Å². The van der Waals surface area contributed by atoms with Crippen molar-refractivity contribution >= 4 is 5.95 Å². The number of hydrogen-bond acceptors (Lipinski definition) is 4. The van der Waals surface area contributed by atoms with Crippen LogP contribution in [0.3, 0.4) is 0 Å². The Labute approximate surface area is 110 Å². The van der Waals surface area contributed by atoms with Crippen molar-refractivity contribution in [1.82, 2.24) is 9.97 Å². The van der Waals surface area contributed by atoms with Gasteiger partial charge in [0.25, 0.3) is 0 Å². The number of aromatic nitrogens is 2. The minimum Gasteiger partial charge on any atom is -0.396 e. The van der Waals surface area contributed by atoms with Crippen molar-refractivity contribution in [3.8, 4) is 0 Å². The topological polar surface area (TPSA) is 49.2 Å². The third kappa shape index (κ3) is 3.95. The van der Waals surface area contributed by atoms with E-state index in [2.05, 4.69) is 42.6 Å². The molecule has 18 heavy (non-hydrogen) atoms. The van der Waals surface area contributed by atoms with E-state index in [0.717, 1.165) is 30.3 Å². The van der Waals surface area contributed by atoms with Crippen LogP contribution in [0.15, 0.2) is 6.07 Å². The Hall–Kier alpha value is -1.16. The Bertz CT molecular complexity index is 377. The molecule has 102 valence electrons. The lowest BCUT2D eigenvalue weighted by Crippen LogP contribution is -2.34. The third-order valence-electron chi connectivity index (χ3n) is 2.89. The maximum absolute atomic E-state index is 8.97. The summed E-state index contributed by atoms with van der Waals surface area (Å²) in [6.07, 6.45) is 0.743. The van der Waals surface area contributed by atoms with E-state index in [0.29, 0.717) is 12.0 Å². The van der Waals surface area contributed by atoms with Crippen LogP contribution in [0.4, 0.5) is 5.95 Å². The lowest BCUT2D eigenvalue weighted by molar-refractivity contribution is 0.288. The lowest BCUT2D eigenvalue weighted by atomic mass is 10.1. The van der Waals surface area contributed by atoms with Crippen LogP contribution in [0, 0.1) is 6.92 Å². The Morgan fingerprint density at radius 2 is 1.89 bits per heavy atom. The quantitative estimate of drug-likeness (QED) is 0.844. The predicted octanol–water partition coefficient (Wildman–Crippen LogP) is 2.51. The standard InChI is InChI=1S/C14H25N3O/c1-10(2)13-9-12(5)15-14(16-13)17(11(3)4)7-6-8-18/h9-11,18H,6-8H2,1-5H3. The highest BCUT2D eigenvalue weighted by molar-refractivity contribution is 5.34. The molecular formula is C14H25N3O. The van der Waals surface area contributed by atoms with Gasteiger partial charge < -0.3 is 10.0 Å². The third-order valence-corrected chi connectivity index (χ3v) is 2.89. The van der Waals surface area contributed by atoms with E-state index in [9.17, 15) is 0 Å². The lowest BCUT2D eigenvalue weighted by Gasteiger charge is -2.27. The smallest absolute Gasteiger partial charge is 0.226 e. The SMILES string of the molecule is Cc1cc(C(C)C)nc(N(CCCO)C(C)C)n1. The van der Waals surface area contributed by atoms with Crippen LogP contribution in [-0.2, 0) is 0 Å². The summed E-state index contributed by atoms with van der Waals surface area (Å²) >= 11 is 0. The summed E-state index contributed by atoms with van der Waals surface area (Å²) in [5.74, 6) is 1.18. The molecule has 1 rings (SSSR count). The molecule has 0 saturated heterocycles. The first-order valence-corrected chi connectivity index (χ1v) is 6.68. The zero-order chi connectivity index (χ0) is 13.7. The van der Waals surface area contributed by atoms with Gasteiger partial charge in [0.2, 0.25) is 5.95 Å². The maximum Gasteiger partial charge on any atom is 0.226 e. The number of hydrogen-bond donors (Lipinski definition) is 1. The number of aryl methyl sites for hydroxylation is 1. The van der Waals surface area contributed by atoms with Crippen molar-refractivity contribution in [3.05, 3.63) is 17.5 Å². The second-order valence-corrected chi connectivity index (χ2v) is 5.25. The largest absolute Gasteiger partial charge is 0.396 e. The average Bonchev–Trinajstić information content (AvgIpc) is 2.28. The van der Waals surface area contributed by atoms with E-state index >= 15 is 0 Å². The van der Waals surface area contributed by atoms with Gasteiger partial charge in [0, 0.05) is 30.6 Å². The van der Waals surface area contributed by atoms with Gasteiger partial charge in [-0.15, -0.1) is 0 Å². The molecule has 0 bridgehead atoms. The molecule has 0 aliphatic rings. The fourth-order valence-corrected chi connectivity index (χ4v) is 1.83. The average molecular weight is 251 g/mol. The second kappa shape index (κ2) is 6.69. The Morgan fingerprint density at radius 1 is 1.22 bits per heavy atom. The van der Waals surface area contributed by atoms with Gasteiger partial charge in [-0.25, -0.2) is 9.97 Å². The Balaban J connectivity index is 3.03. The summed E-state index contributed by atoms with van der Waals surface area (Å²) in [4.78, 5) is 11.3. The molecule has 0 aliphatic heterocycles. The molecule has 4 nitrogen and oxygen atoms in total. The molecule has 0 unspecified atom stereocenters. The van der Waals surface area contributed by atoms with Crippen LogP contribution in [0.1, 0.15) is 51.4 Å². The molecule has 0 aliphatic carbocycles. The van der Waals surface area contributed by atoms with Crippen LogP contribution in [0.2, 0.25) is 0 Å². The zero-order valence-electron chi connectivity index (χ0n) is 12.1. The fourth-order valence-electron chi connectivity index (χ4n) is 1.83. The normalized spacial score (nSPS) is 11.3. The maximum atomic E-state index is 8.97. The first-order valence-electron chi connectivity index (χ1n) is 6.68. The van der Waals surface area contributed by atoms with Crippen LogP contribution < -0.4 is 4.90 Å². The van der Waals surface area contributed by atoms with E-state index in [-0.39, 0.29) is 6.61 Å². The van der Waals surface area contributed by atoms with Crippen molar-refractivity contribution in [2.75, 3.05) is 18.1 Å². The Kier molecular flexibility index (Phi) is 5.54. The molecule has 1 aromatic rings. The second-order valence-electron chi connectivity index (χ2n) is 5.25. The van der Waals surface area contributed by atoms with Crippen molar-refractivity contribution in [3.63, 3.8) is 0 Å². The van der Waals surface area contributed by atoms with E-state index in [1.165, 1.54) is 0 Å². The molecule has 1 N–H and O–H groups in total. The van der Waals surface area contributed by atoms with Gasteiger partial charge in [0.05, 0.1) is 0 Å². The highest BCUT2D eigenvalue weighted by atomic mass is 16.3. The summed E-state index contributed by atoms with van der Waals surface area (Å²) in [7, 11) is 0. The summed E-state index contributed by atoms with van der Waals surface area (Å²) in [5.41, 5.74) is 2.07. The number of aliphatic hydroxyl groups is 1. The predicted molar refractivity (Wildman–Crippen MR) is 75.0 cm³/mol.